The highest BCUT2D eigenvalue weighted by Crippen LogP contribution is 2.19. The van der Waals surface area contributed by atoms with Gasteiger partial charge in [-0.05, 0) is 17.7 Å². The number of nitrogens with one attached hydrogen (secondary N) is 1. The molecule has 5 nitrogen and oxygen atoms in total. The van der Waals surface area contributed by atoms with Gasteiger partial charge in [-0.3, -0.25) is 4.79 Å². The summed E-state index contributed by atoms with van der Waals surface area (Å²) in [5.41, 5.74) is 0.0551. The van der Waals surface area contributed by atoms with Crippen molar-refractivity contribution in [2.75, 3.05) is 7.11 Å². The largest absolute Gasteiger partial charge is 0.465 e. The van der Waals surface area contributed by atoms with Gasteiger partial charge in [0.1, 0.15) is 5.82 Å². The zero-order chi connectivity index (χ0) is 13.1. The minimum absolute atomic E-state index is 0.224. The molecule has 18 heavy (non-hydrogen) atoms. The number of carbonyl (C=O) groups excluding carboxylic acids is 1. The van der Waals surface area contributed by atoms with Crippen molar-refractivity contribution in [1.82, 2.24) is 9.97 Å². The number of halogens is 1. The minimum atomic E-state index is -0.797. The van der Waals surface area contributed by atoms with Crippen LogP contribution in [0, 0.1) is 5.82 Å². The van der Waals surface area contributed by atoms with E-state index in [4.69, 9.17) is 0 Å². The molecule has 2 rings (SSSR count). The Morgan fingerprint density at radius 2 is 2.22 bits per heavy atom. The standard InChI is InChI=1S/C12H9FN2O3/c1-18-12(17)8-4-7(2-3-10(8)13)9-5-14-6-15-11(9)16/h2-6H,1H3,(H,14,15,16). The normalized spacial score (nSPS) is 10.1. The number of hydrogen-bond donors (Lipinski definition) is 1. The zero-order valence-electron chi connectivity index (χ0n) is 9.44. The monoisotopic (exact) mass is 248 g/mol. The second kappa shape index (κ2) is 4.79. The van der Waals surface area contributed by atoms with Crippen LogP contribution in [0.3, 0.4) is 0 Å². The van der Waals surface area contributed by atoms with Crippen LogP contribution in [0.25, 0.3) is 11.1 Å². The first-order chi connectivity index (χ1) is 8.63. The van der Waals surface area contributed by atoms with E-state index in [1.54, 1.807) is 0 Å². The molecule has 92 valence electrons. The molecule has 0 aliphatic rings. The summed E-state index contributed by atoms with van der Waals surface area (Å²) >= 11 is 0. The average Bonchev–Trinajstić information content (AvgIpc) is 2.39. The molecule has 1 N–H and O–H groups in total. The maximum Gasteiger partial charge on any atom is 0.340 e. The van der Waals surface area contributed by atoms with Gasteiger partial charge in [-0.15, -0.1) is 0 Å². The summed E-state index contributed by atoms with van der Waals surface area (Å²) < 4.78 is 17.9. The first-order valence-corrected chi connectivity index (χ1v) is 5.04. The molecule has 0 saturated carbocycles. The van der Waals surface area contributed by atoms with Gasteiger partial charge in [0.05, 0.1) is 24.6 Å². The van der Waals surface area contributed by atoms with E-state index in [0.29, 0.717) is 5.56 Å². The van der Waals surface area contributed by atoms with Crippen LogP contribution in [0.1, 0.15) is 10.4 Å². The van der Waals surface area contributed by atoms with Crippen molar-refractivity contribution in [1.29, 1.82) is 0 Å². The lowest BCUT2D eigenvalue weighted by Gasteiger charge is -2.04. The smallest absolute Gasteiger partial charge is 0.340 e. The van der Waals surface area contributed by atoms with Crippen molar-refractivity contribution in [3.63, 3.8) is 0 Å². The van der Waals surface area contributed by atoms with E-state index in [2.05, 4.69) is 14.7 Å². The van der Waals surface area contributed by atoms with E-state index in [9.17, 15) is 14.0 Å². The third-order valence-corrected chi connectivity index (χ3v) is 2.40. The van der Waals surface area contributed by atoms with Gasteiger partial charge in [-0.25, -0.2) is 14.2 Å². The quantitative estimate of drug-likeness (QED) is 0.814. The van der Waals surface area contributed by atoms with Crippen molar-refractivity contribution in [3.8, 4) is 11.1 Å². The van der Waals surface area contributed by atoms with Crippen molar-refractivity contribution >= 4 is 5.97 Å². The molecule has 0 bridgehead atoms. The Morgan fingerprint density at radius 3 is 2.89 bits per heavy atom. The van der Waals surface area contributed by atoms with Crippen LogP contribution < -0.4 is 5.56 Å². The maximum absolute atomic E-state index is 13.4. The van der Waals surface area contributed by atoms with Crippen LogP contribution in [0.15, 0.2) is 35.5 Å². The molecular formula is C12H9FN2O3. The molecule has 0 unspecified atom stereocenters. The Bertz CT molecular complexity index is 652. The molecule has 0 atom stereocenters. The first kappa shape index (κ1) is 12.0. The van der Waals surface area contributed by atoms with E-state index in [1.807, 2.05) is 0 Å². The van der Waals surface area contributed by atoms with Crippen LogP contribution in [0.5, 0.6) is 0 Å². The summed E-state index contributed by atoms with van der Waals surface area (Å²) in [5, 5.41) is 0. The molecule has 0 spiro atoms. The topological polar surface area (TPSA) is 72.0 Å². The number of nitrogens with zero attached hydrogens (tertiary/aromatic N) is 1. The Kier molecular flexibility index (Phi) is 3.18. The van der Waals surface area contributed by atoms with Gasteiger partial charge in [-0.1, -0.05) is 6.07 Å². The van der Waals surface area contributed by atoms with E-state index in [1.165, 1.54) is 24.7 Å². The number of ether oxygens (including phenoxy) is 1. The number of esters is 1. The van der Waals surface area contributed by atoms with Crippen LogP contribution in [-0.2, 0) is 4.74 Å². The van der Waals surface area contributed by atoms with Crippen molar-refractivity contribution in [2.24, 2.45) is 0 Å². The molecule has 1 aromatic carbocycles. The lowest BCUT2D eigenvalue weighted by atomic mass is 10.1. The van der Waals surface area contributed by atoms with E-state index < -0.39 is 11.8 Å². The minimum Gasteiger partial charge on any atom is -0.465 e. The number of hydrogen-bond acceptors (Lipinski definition) is 4. The number of carbonyl (C=O) groups is 1. The van der Waals surface area contributed by atoms with Crippen molar-refractivity contribution in [3.05, 3.63) is 52.5 Å². The second-order valence-corrected chi connectivity index (χ2v) is 3.48. The Balaban J connectivity index is 2.58. The molecule has 6 heteroatoms. The van der Waals surface area contributed by atoms with Gasteiger partial charge in [-0.2, -0.15) is 0 Å². The lowest BCUT2D eigenvalue weighted by Crippen LogP contribution is -2.10. The third-order valence-electron chi connectivity index (χ3n) is 2.40. The summed E-state index contributed by atoms with van der Waals surface area (Å²) in [4.78, 5) is 29.1. The SMILES string of the molecule is COC(=O)c1cc(-c2cnc[nH]c2=O)ccc1F. The molecule has 0 fully saturated rings. The Morgan fingerprint density at radius 1 is 1.44 bits per heavy atom. The third kappa shape index (κ3) is 2.13. The number of aromatic nitrogens is 2. The molecule has 1 heterocycles. The molecular weight excluding hydrogens is 239 g/mol. The summed E-state index contributed by atoms with van der Waals surface area (Å²) in [7, 11) is 1.16. The second-order valence-electron chi connectivity index (χ2n) is 3.48. The fourth-order valence-electron chi connectivity index (χ4n) is 1.51. The highest BCUT2D eigenvalue weighted by Gasteiger charge is 2.14. The average molecular weight is 248 g/mol. The molecule has 2 aromatic rings. The predicted molar refractivity (Wildman–Crippen MR) is 61.6 cm³/mol. The van der Waals surface area contributed by atoms with Gasteiger partial charge < -0.3 is 9.72 Å². The number of rotatable bonds is 2. The highest BCUT2D eigenvalue weighted by atomic mass is 19.1. The van der Waals surface area contributed by atoms with Crippen LogP contribution >= 0.6 is 0 Å². The fourth-order valence-corrected chi connectivity index (χ4v) is 1.51. The Labute approximate surface area is 101 Å². The van der Waals surface area contributed by atoms with E-state index in [0.717, 1.165) is 13.2 Å². The van der Waals surface area contributed by atoms with Crippen LogP contribution in [0.2, 0.25) is 0 Å². The summed E-state index contributed by atoms with van der Waals surface area (Å²) in [6, 6.07) is 3.76. The van der Waals surface area contributed by atoms with Gasteiger partial charge in [0.2, 0.25) is 0 Å². The Hall–Kier alpha value is -2.50. The van der Waals surface area contributed by atoms with Crippen molar-refractivity contribution in [2.45, 2.75) is 0 Å². The van der Waals surface area contributed by atoms with E-state index >= 15 is 0 Å². The fraction of sp³-hybridized carbons (Fsp3) is 0.0833. The van der Waals surface area contributed by atoms with Gasteiger partial charge >= 0.3 is 5.97 Å². The summed E-state index contributed by atoms with van der Waals surface area (Å²) in [6.45, 7) is 0. The number of benzene rings is 1. The molecule has 0 aliphatic carbocycles. The number of H-pyrrole nitrogens is 1. The highest BCUT2D eigenvalue weighted by molar-refractivity contribution is 5.91. The zero-order valence-corrected chi connectivity index (χ0v) is 9.44. The molecule has 0 amide bonds. The summed E-state index contributed by atoms with van der Waals surface area (Å²) in [6.07, 6.45) is 2.59. The van der Waals surface area contributed by atoms with Crippen molar-refractivity contribution < 1.29 is 13.9 Å². The molecule has 1 aromatic heterocycles. The van der Waals surface area contributed by atoms with Crippen LogP contribution in [0.4, 0.5) is 4.39 Å². The number of aromatic amines is 1. The number of methoxy groups -OCH3 is 1. The van der Waals surface area contributed by atoms with Gasteiger partial charge in [0.25, 0.3) is 5.56 Å². The molecule has 0 radical (unpaired) electrons. The summed E-state index contributed by atoms with van der Waals surface area (Å²) in [5.74, 6) is -1.50. The molecule has 0 aliphatic heterocycles. The van der Waals surface area contributed by atoms with Crippen LogP contribution in [-0.4, -0.2) is 23.0 Å². The first-order valence-electron chi connectivity index (χ1n) is 5.04. The van der Waals surface area contributed by atoms with E-state index in [-0.39, 0.29) is 16.7 Å². The molecule has 0 saturated heterocycles. The predicted octanol–water partition coefficient (Wildman–Crippen LogP) is 1.36. The van der Waals surface area contributed by atoms with Gasteiger partial charge in [0.15, 0.2) is 0 Å². The van der Waals surface area contributed by atoms with Gasteiger partial charge in [0, 0.05) is 6.20 Å². The maximum atomic E-state index is 13.4. The lowest BCUT2D eigenvalue weighted by molar-refractivity contribution is 0.0595.